The molecule has 2 aromatic carbocycles. The molecule has 22 heavy (non-hydrogen) atoms. The number of rotatable bonds is 4. The third-order valence-corrected chi connectivity index (χ3v) is 3.64. The van der Waals surface area contributed by atoms with Gasteiger partial charge in [0.2, 0.25) is 6.79 Å². The number of hydrogen-bond donors (Lipinski definition) is 1. The van der Waals surface area contributed by atoms with Crippen molar-refractivity contribution in [3.05, 3.63) is 53.6 Å². The van der Waals surface area contributed by atoms with Crippen molar-refractivity contribution in [1.82, 2.24) is 0 Å². The van der Waals surface area contributed by atoms with Crippen LogP contribution in [0.3, 0.4) is 0 Å². The van der Waals surface area contributed by atoms with Crippen LogP contribution in [0.4, 0.5) is 5.69 Å². The molecule has 112 valence electrons. The summed E-state index contributed by atoms with van der Waals surface area (Å²) >= 11 is 0. The highest BCUT2D eigenvalue weighted by atomic mass is 16.7. The molecule has 3 heteroatoms. The number of fused-ring (bicyclic) bond motifs is 1. The average molecular weight is 293 g/mol. The maximum absolute atomic E-state index is 5.35. The van der Waals surface area contributed by atoms with Crippen LogP contribution in [-0.2, 0) is 6.42 Å². The van der Waals surface area contributed by atoms with Crippen molar-refractivity contribution in [3.63, 3.8) is 0 Å². The van der Waals surface area contributed by atoms with Crippen LogP contribution in [0.2, 0.25) is 0 Å². The van der Waals surface area contributed by atoms with Crippen LogP contribution >= 0.6 is 0 Å². The zero-order chi connectivity index (χ0) is 15.2. The summed E-state index contributed by atoms with van der Waals surface area (Å²) in [5, 5.41) is 3.22. The first-order chi connectivity index (χ1) is 10.9. The molecule has 3 nitrogen and oxygen atoms in total. The summed E-state index contributed by atoms with van der Waals surface area (Å²) in [7, 11) is 1.96. The number of benzene rings is 2. The van der Waals surface area contributed by atoms with Crippen LogP contribution in [-0.4, -0.2) is 13.8 Å². The molecule has 0 aromatic heterocycles. The van der Waals surface area contributed by atoms with Crippen molar-refractivity contribution in [2.45, 2.75) is 19.3 Å². The first-order valence-corrected chi connectivity index (χ1v) is 7.51. The summed E-state index contributed by atoms with van der Waals surface area (Å²) in [5.74, 6) is 8.01. The van der Waals surface area contributed by atoms with Crippen molar-refractivity contribution in [3.8, 4) is 23.3 Å². The zero-order valence-corrected chi connectivity index (χ0v) is 12.7. The lowest BCUT2D eigenvalue weighted by atomic mass is 10.1. The minimum atomic E-state index is 0.303. The van der Waals surface area contributed by atoms with E-state index < -0.39 is 0 Å². The maximum Gasteiger partial charge on any atom is 0.231 e. The summed E-state index contributed by atoms with van der Waals surface area (Å²) in [4.78, 5) is 0. The Hall–Kier alpha value is -2.60. The van der Waals surface area contributed by atoms with Crippen LogP contribution in [0.15, 0.2) is 42.5 Å². The van der Waals surface area contributed by atoms with Gasteiger partial charge in [-0.3, -0.25) is 0 Å². The van der Waals surface area contributed by atoms with Gasteiger partial charge in [-0.2, -0.15) is 0 Å². The molecule has 0 saturated heterocycles. The molecule has 0 fully saturated rings. The van der Waals surface area contributed by atoms with Crippen molar-refractivity contribution >= 4 is 5.69 Å². The Labute approximate surface area is 131 Å². The summed E-state index contributed by atoms with van der Waals surface area (Å²) in [5.41, 5.74) is 3.51. The Morgan fingerprint density at radius 1 is 1.09 bits per heavy atom. The van der Waals surface area contributed by atoms with Gasteiger partial charge < -0.3 is 14.8 Å². The highest BCUT2D eigenvalue weighted by Gasteiger charge is 2.12. The normalized spacial score (nSPS) is 11.7. The fourth-order valence-corrected chi connectivity index (χ4v) is 2.49. The van der Waals surface area contributed by atoms with Crippen molar-refractivity contribution in [2.75, 3.05) is 19.2 Å². The quantitative estimate of drug-likeness (QED) is 0.686. The number of aryl methyl sites for hydroxylation is 1. The Kier molecular flexibility index (Phi) is 4.50. The number of nitrogens with one attached hydrogen (secondary N) is 1. The Balaban J connectivity index is 1.53. The molecule has 0 amide bonds. The van der Waals surface area contributed by atoms with Crippen molar-refractivity contribution in [1.29, 1.82) is 0 Å². The van der Waals surface area contributed by atoms with E-state index in [-0.39, 0.29) is 0 Å². The topological polar surface area (TPSA) is 30.5 Å². The lowest BCUT2D eigenvalue weighted by Crippen LogP contribution is -1.94. The Morgan fingerprint density at radius 3 is 2.86 bits per heavy atom. The summed E-state index contributed by atoms with van der Waals surface area (Å²) in [6.07, 6.45) is 2.97. The van der Waals surface area contributed by atoms with Crippen LogP contribution < -0.4 is 14.8 Å². The van der Waals surface area contributed by atoms with E-state index in [9.17, 15) is 0 Å². The van der Waals surface area contributed by atoms with Crippen LogP contribution in [0, 0.1) is 11.8 Å². The van der Waals surface area contributed by atoms with Gasteiger partial charge in [-0.25, -0.2) is 0 Å². The molecule has 1 aliphatic rings. The second kappa shape index (κ2) is 6.91. The summed E-state index contributed by atoms with van der Waals surface area (Å²) < 4.78 is 10.6. The third-order valence-electron chi connectivity index (χ3n) is 3.64. The molecule has 0 spiro atoms. The first-order valence-electron chi connectivity index (χ1n) is 7.51. The Bertz CT molecular complexity index is 713. The number of ether oxygens (including phenoxy) is 2. The maximum atomic E-state index is 5.35. The van der Waals surface area contributed by atoms with E-state index in [0.29, 0.717) is 6.79 Å². The van der Waals surface area contributed by atoms with Gasteiger partial charge in [0.05, 0.1) is 0 Å². The lowest BCUT2D eigenvalue weighted by Gasteiger charge is -2.07. The van der Waals surface area contributed by atoms with Gasteiger partial charge in [-0.1, -0.05) is 30.0 Å². The van der Waals surface area contributed by atoms with E-state index in [2.05, 4.69) is 41.4 Å². The summed E-state index contributed by atoms with van der Waals surface area (Å²) in [6.45, 7) is 0.303. The third kappa shape index (κ3) is 3.35. The number of para-hydroxylation sites is 1. The van der Waals surface area contributed by atoms with E-state index >= 15 is 0 Å². The highest BCUT2D eigenvalue weighted by Crippen LogP contribution is 2.32. The lowest BCUT2D eigenvalue weighted by molar-refractivity contribution is 0.174. The smallest absolute Gasteiger partial charge is 0.231 e. The molecule has 0 aliphatic carbocycles. The second-order valence-electron chi connectivity index (χ2n) is 5.13. The molecule has 1 heterocycles. The molecule has 0 radical (unpaired) electrons. The number of unbranched alkanes of at least 4 members (excludes halogenated alkanes) is 1. The predicted octanol–water partition coefficient (Wildman–Crippen LogP) is 3.83. The van der Waals surface area contributed by atoms with Gasteiger partial charge in [-0.15, -0.1) is 0 Å². The monoisotopic (exact) mass is 293 g/mol. The molecular formula is C19H19NO2. The average Bonchev–Trinajstić information content (AvgIpc) is 3.02. The van der Waals surface area contributed by atoms with Crippen LogP contribution in [0.5, 0.6) is 11.5 Å². The fraction of sp³-hybridized carbons (Fsp3) is 0.263. The van der Waals surface area contributed by atoms with Gasteiger partial charge in [-0.05, 0) is 42.7 Å². The van der Waals surface area contributed by atoms with Crippen molar-refractivity contribution < 1.29 is 9.47 Å². The molecule has 0 atom stereocenters. The molecule has 0 bridgehead atoms. The van der Waals surface area contributed by atoms with E-state index in [4.69, 9.17) is 9.47 Å². The molecule has 1 N–H and O–H groups in total. The van der Waals surface area contributed by atoms with E-state index in [1.807, 2.05) is 25.2 Å². The molecule has 3 rings (SSSR count). The number of hydrogen-bond acceptors (Lipinski definition) is 3. The molecule has 0 saturated carbocycles. The van der Waals surface area contributed by atoms with Gasteiger partial charge in [0.1, 0.15) is 0 Å². The minimum absolute atomic E-state index is 0.303. The standard InChI is InChI=1S/C19H19NO2/c1-20-17-10-6-5-9-16(17)8-4-2-3-7-15-11-12-18-19(13-15)22-14-21-18/h5-6,9-13,20H,2,4,8,14H2,1H3. The fourth-order valence-electron chi connectivity index (χ4n) is 2.49. The van der Waals surface area contributed by atoms with E-state index in [1.54, 1.807) is 0 Å². The predicted molar refractivity (Wildman–Crippen MR) is 88.4 cm³/mol. The molecular weight excluding hydrogens is 274 g/mol. The first kappa shape index (κ1) is 14.3. The Morgan fingerprint density at radius 2 is 1.95 bits per heavy atom. The van der Waals surface area contributed by atoms with Crippen molar-refractivity contribution in [2.24, 2.45) is 0 Å². The highest BCUT2D eigenvalue weighted by molar-refractivity contribution is 5.51. The van der Waals surface area contributed by atoms with Crippen LogP contribution in [0.25, 0.3) is 0 Å². The van der Waals surface area contributed by atoms with Gasteiger partial charge >= 0.3 is 0 Å². The van der Waals surface area contributed by atoms with Crippen LogP contribution in [0.1, 0.15) is 24.0 Å². The van der Waals surface area contributed by atoms with E-state index in [0.717, 1.165) is 36.3 Å². The number of anilines is 1. The second-order valence-corrected chi connectivity index (χ2v) is 5.13. The largest absolute Gasteiger partial charge is 0.454 e. The minimum Gasteiger partial charge on any atom is -0.454 e. The molecule has 2 aromatic rings. The van der Waals surface area contributed by atoms with E-state index in [1.165, 1.54) is 11.3 Å². The molecule has 1 aliphatic heterocycles. The summed E-state index contributed by atoms with van der Waals surface area (Å²) in [6, 6.07) is 14.2. The molecule has 0 unspecified atom stereocenters. The van der Waals surface area contributed by atoms with Gasteiger partial charge in [0.15, 0.2) is 11.5 Å². The zero-order valence-electron chi connectivity index (χ0n) is 12.7. The SMILES string of the molecule is CNc1ccccc1CCCC#Cc1ccc2c(c1)OCO2. The van der Waals surface area contributed by atoms with Gasteiger partial charge in [0, 0.05) is 24.7 Å². The van der Waals surface area contributed by atoms with Gasteiger partial charge in [0.25, 0.3) is 0 Å².